The molecule has 8 nitrogen and oxygen atoms in total. The Morgan fingerprint density at radius 1 is 1.14 bits per heavy atom. The molecular formula is C13H14N4O4. The normalized spacial score (nSPS) is 45.8. The van der Waals surface area contributed by atoms with Gasteiger partial charge in [-0.25, -0.2) is 0 Å². The first-order valence-electron chi connectivity index (χ1n) is 6.05. The van der Waals surface area contributed by atoms with Crippen LogP contribution in [0.2, 0.25) is 0 Å². The topological polar surface area (TPSA) is 142 Å². The van der Waals surface area contributed by atoms with Crippen LogP contribution >= 0.6 is 0 Å². The molecule has 0 aromatic heterocycles. The fourth-order valence-corrected chi connectivity index (χ4v) is 4.05. The van der Waals surface area contributed by atoms with Crippen molar-refractivity contribution in [1.29, 1.82) is 15.8 Å². The van der Waals surface area contributed by atoms with Crippen molar-refractivity contribution in [2.75, 3.05) is 14.2 Å². The molecule has 4 atom stereocenters. The van der Waals surface area contributed by atoms with E-state index in [-0.39, 0.29) is 0 Å². The van der Waals surface area contributed by atoms with Crippen LogP contribution in [0.1, 0.15) is 13.8 Å². The van der Waals surface area contributed by atoms with Crippen molar-refractivity contribution >= 4 is 5.78 Å². The molecular weight excluding hydrogens is 276 g/mol. The molecule has 1 aliphatic heterocycles. The van der Waals surface area contributed by atoms with Crippen molar-refractivity contribution in [3.8, 4) is 18.2 Å². The molecule has 0 bridgehead atoms. The number of rotatable bonds is 3. The number of nitriles is 3. The van der Waals surface area contributed by atoms with Gasteiger partial charge in [0.2, 0.25) is 0 Å². The van der Waals surface area contributed by atoms with E-state index in [9.17, 15) is 20.6 Å². The number of hydrogen-bond donors (Lipinski definition) is 1. The first-order valence-corrected chi connectivity index (χ1v) is 6.05. The lowest BCUT2D eigenvalue weighted by molar-refractivity contribution is -0.335. The minimum Gasteiger partial charge on any atom is -0.352 e. The molecule has 2 N–H and O–H groups in total. The van der Waals surface area contributed by atoms with Crippen LogP contribution in [0.3, 0.4) is 0 Å². The lowest BCUT2D eigenvalue weighted by Gasteiger charge is -2.37. The van der Waals surface area contributed by atoms with E-state index < -0.39 is 33.7 Å². The SMILES string of the molecule is CO[C@]1(C)O[C@](N)(OC)[C@]2(C#N)C(C#N)(C#N)[C@]12C(C)=O. The van der Waals surface area contributed by atoms with Gasteiger partial charge in [0, 0.05) is 14.2 Å². The minimum atomic E-state index is -2.12. The zero-order valence-electron chi connectivity index (χ0n) is 12.1. The Hall–Kier alpha value is -2.02. The molecule has 1 aliphatic carbocycles. The lowest BCUT2D eigenvalue weighted by Crippen LogP contribution is -2.55. The van der Waals surface area contributed by atoms with Crippen LogP contribution in [0.25, 0.3) is 0 Å². The highest BCUT2D eigenvalue weighted by Crippen LogP contribution is 2.89. The van der Waals surface area contributed by atoms with Gasteiger partial charge in [-0.15, -0.1) is 0 Å². The Kier molecular flexibility index (Phi) is 2.77. The van der Waals surface area contributed by atoms with Crippen molar-refractivity contribution in [2.24, 2.45) is 22.0 Å². The number of nitrogens with zero attached hydrogens (tertiary/aromatic N) is 3. The van der Waals surface area contributed by atoms with Gasteiger partial charge in [0.05, 0.1) is 18.2 Å². The van der Waals surface area contributed by atoms with Crippen LogP contribution in [0.4, 0.5) is 0 Å². The monoisotopic (exact) mass is 290 g/mol. The summed E-state index contributed by atoms with van der Waals surface area (Å²) in [6, 6.07) is 5.38. The zero-order chi connectivity index (χ0) is 16.3. The van der Waals surface area contributed by atoms with E-state index in [1.165, 1.54) is 28.1 Å². The van der Waals surface area contributed by atoms with Gasteiger partial charge in [0.15, 0.2) is 16.6 Å². The molecule has 21 heavy (non-hydrogen) atoms. The fraction of sp³-hybridized carbons (Fsp3) is 0.692. The van der Waals surface area contributed by atoms with E-state index in [0.717, 1.165) is 0 Å². The van der Waals surface area contributed by atoms with E-state index >= 15 is 0 Å². The Morgan fingerprint density at radius 3 is 1.95 bits per heavy atom. The number of fused-ring (bicyclic) bond motifs is 1. The van der Waals surface area contributed by atoms with Crippen LogP contribution in [-0.2, 0) is 19.0 Å². The average Bonchev–Trinajstić information content (AvgIpc) is 3.00. The third-order valence-electron chi connectivity index (χ3n) is 4.90. The van der Waals surface area contributed by atoms with Gasteiger partial charge in [-0.3, -0.25) is 10.5 Å². The molecule has 1 saturated heterocycles. The predicted molar refractivity (Wildman–Crippen MR) is 65.2 cm³/mol. The molecule has 1 heterocycles. The molecule has 0 spiro atoms. The second-order valence-electron chi connectivity index (χ2n) is 5.27. The number of carbonyl (C=O) groups excluding carboxylic acids is 1. The summed E-state index contributed by atoms with van der Waals surface area (Å²) in [5, 5.41) is 28.7. The molecule has 0 radical (unpaired) electrons. The summed E-state index contributed by atoms with van der Waals surface area (Å²) in [5.41, 5.74) is 0.128. The summed E-state index contributed by atoms with van der Waals surface area (Å²) in [6.45, 7) is 2.54. The number of nitrogens with two attached hydrogens (primary N) is 1. The summed E-state index contributed by atoms with van der Waals surface area (Å²) in [5.74, 6) is -4.46. The molecule has 110 valence electrons. The van der Waals surface area contributed by atoms with Crippen molar-refractivity contribution in [3.63, 3.8) is 0 Å². The fourth-order valence-electron chi connectivity index (χ4n) is 4.05. The van der Waals surface area contributed by atoms with Gasteiger partial charge in [-0.1, -0.05) is 0 Å². The van der Waals surface area contributed by atoms with Crippen LogP contribution < -0.4 is 5.73 Å². The minimum absolute atomic E-state index is 0.596. The second kappa shape index (κ2) is 3.79. The Morgan fingerprint density at radius 2 is 1.67 bits per heavy atom. The van der Waals surface area contributed by atoms with Gasteiger partial charge in [-0.05, 0) is 13.8 Å². The zero-order valence-corrected chi connectivity index (χ0v) is 12.1. The van der Waals surface area contributed by atoms with Crippen LogP contribution in [0.5, 0.6) is 0 Å². The standard InChI is InChI=1S/C13H14N4O4/c1-8(18)12-9(2,19-3)21-13(17,20-4)11(12,7-16)10(12,5-14)6-15/h17H2,1-4H3/t9-,11-,12+,13-/m1/s1. The molecule has 8 heteroatoms. The lowest BCUT2D eigenvalue weighted by atomic mass is 9.82. The van der Waals surface area contributed by atoms with Gasteiger partial charge in [0.1, 0.15) is 11.2 Å². The van der Waals surface area contributed by atoms with Gasteiger partial charge in [0.25, 0.3) is 5.91 Å². The van der Waals surface area contributed by atoms with E-state index in [4.69, 9.17) is 19.9 Å². The maximum Gasteiger partial charge on any atom is 0.250 e. The number of ketones is 1. The maximum atomic E-state index is 12.4. The first-order chi connectivity index (χ1) is 9.70. The molecule has 1 saturated carbocycles. The number of Topliss-reactive ketones (excluding diaryl/α,β-unsaturated/α-hetero) is 1. The number of ether oxygens (including phenoxy) is 3. The average molecular weight is 290 g/mol. The Labute approximate surface area is 121 Å². The van der Waals surface area contributed by atoms with Crippen LogP contribution in [-0.4, -0.2) is 31.7 Å². The highest BCUT2D eigenvalue weighted by Gasteiger charge is 3.08. The molecule has 0 amide bonds. The predicted octanol–water partition coefficient (Wildman–Crippen LogP) is -0.229. The molecule has 2 fully saturated rings. The Balaban J connectivity index is 2.97. The largest absolute Gasteiger partial charge is 0.352 e. The number of hydrogen-bond acceptors (Lipinski definition) is 8. The maximum absolute atomic E-state index is 12.4. The van der Waals surface area contributed by atoms with E-state index in [0.29, 0.717) is 0 Å². The number of methoxy groups -OCH3 is 2. The van der Waals surface area contributed by atoms with E-state index in [2.05, 4.69) is 0 Å². The summed E-state index contributed by atoms with van der Waals surface area (Å²) < 4.78 is 15.8. The first kappa shape index (κ1) is 15.4. The summed E-state index contributed by atoms with van der Waals surface area (Å²) in [7, 11) is 2.41. The van der Waals surface area contributed by atoms with Crippen molar-refractivity contribution in [3.05, 3.63) is 0 Å². The highest BCUT2D eigenvalue weighted by atomic mass is 16.8. The van der Waals surface area contributed by atoms with Crippen molar-refractivity contribution < 1.29 is 19.0 Å². The number of carbonyl (C=O) groups is 1. The third kappa shape index (κ3) is 0.994. The van der Waals surface area contributed by atoms with Crippen LogP contribution in [0.15, 0.2) is 0 Å². The van der Waals surface area contributed by atoms with Gasteiger partial charge < -0.3 is 14.2 Å². The van der Waals surface area contributed by atoms with Crippen molar-refractivity contribution in [2.45, 2.75) is 25.5 Å². The molecule has 0 unspecified atom stereocenters. The van der Waals surface area contributed by atoms with Crippen LogP contribution in [0, 0.1) is 50.2 Å². The van der Waals surface area contributed by atoms with E-state index in [1.807, 2.05) is 6.07 Å². The van der Waals surface area contributed by atoms with Gasteiger partial charge >= 0.3 is 0 Å². The van der Waals surface area contributed by atoms with Gasteiger partial charge in [-0.2, -0.15) is 15.8 Å². The summed E-state index contributed by atoms with van der Waals surface area (Å²) >= 11 is 0. The summed E-state index contributed by atoms with van der Waals surface area (Å²) in [6.07, 6.45) is 0. The molecule has 0 aromatic carbocycles. The molecule has 2 aliphatic rings. The molecule has 2 rings (SSSR count). The van der Waals surface area contributed by atoms with E-state index in [1.54, 1.807) is 12.1 Å². The van der Waals surface area contributed by atoms with Crippen molar-refractivity contribution in [1.82, 2.24) is 0 Å². The quantitative estimate of drug-likeness (QED) is 0.702. The molecule has 0 aromatic rings. The summed E-state index contributed by atoms with van der Waals surface area (Å²) in [4.78, 5) is 12.4. The smallest absolute Gasteiger partial charge is 0.250 e. The third-order valence-corrected chi connectivity index (χ3v) is 4.90. The highest BCUT2D eigenvalue weighted by molar-refractivity contribution is 5.95. The second-order valence-corrected chi connectivity index (χ2v) is 5.27. The Bertz CT molecular complexity index is 645.